The molecule has 1 aromatic carbocycles. The lowest BCUT2D eigenvalue weighted by atomic mass is 9.95. The van der Waals surface area contributed by atoms with Crippen LogP contribution in [0.5, 0.6) is 0 Å². The molecule has 0 unspecified atom stereocenters. The third-order valence-corrected chi connectivity index (χ3v) is 4.95. The zero-order valence-electron chi connectivity index (χ0n) is 13.2. The molecule has 1 aliphatic rings. The summed E-state index contributed by atoms with van der Waals surface area (Å²) in [5, 5.41) is 14.9. The molecule has 130 valence electrons. The number of alkyl halides is 2. The zero-order chi connectivity index (χ0) is 17.7. The van der Waals surface area contributed by atoms with Crippen LogP contribution in [0.2, 0.25) is 0 Å². The van der Waals surface area contributed by atoms with Crippen LogP contribution in [-0.4, -0.2) is 36.3 Å². The first kappa shape index (κ1) is 16.2. The topological polar surface area (TPSA) is 82.5 Å². The molecule has 0 radical (unpaired) electrons. The van der Waals surface area contributed by atoms with E-state index in [1.807, 2.05) is 6.07 Å². The molecule has 0 aliphatic heterocycles. The summed E-state index contributed by atoms with van der Waals surface area (Å²) in [7, 11) is 0. The van der Waals surface area contributed by atoms with Crippen LogP contribution in [0, 0.1) is 5.41 Å². The van der Waals surface area contributed by atoms with Crippen LogP contribution < -0.4 is 0 Å². The molecule has 1 fully saturated rings. The molecular weight excluding hydrogens is 398 g/mol. The summed E-state index contributed by atoms with van der Waals surface area (Å²) in [6.45, 7) is 0.952. The fraction of sp³-hybridized carbons (Fsp3) is 0.400. The van der Waals surface area contributed by atoms with Gasteiger partial charge in [0.15, 0.2) is 5.82 Å². The van der Waals surface area contributed by atoms with Gasteiger partial charge >= 0.3 is 0 Å². The van der Waals surface area contributed by atoms with Gasteiger partial charge in [0.2, 0.25) is 0 Å². The molecule has 0 amide bonds. The lowest BCUT2D eigenvalue weighted by Gasteiger charge is -2.20. The summed E-state index contributed by atoms with van der Waals surface area (Å²) in [6.07, 6.45) is 2.51. The van der Waals surface area contributed by atoms with E-state index >= 15 is 0 Å². The normalized spacial score (nSPS) is 16.2. The van der Waals surface area contributed by atoms with Crippen LogP contribution >= 0.6 is 15.9 Å². The minimum absolute atomic E-state index is 0.105. The molecule has 0 bridgehead atoms. The van der Waals surface area contributed by atoms with Crippen molar-refractivity contribution < 1.29 is 13.3 Å². The average Bonchev–Trinajstić information content (AvgIpc) is 2.99. The van der Waals surface area contributed by atoms with E-state index in [4.69, 9.17) is 4.52 Å². The molecule has 1 saturated carbocycles. The number of benzene rings is 1. The molecule has 0 spiro atoms. The number of tetrazole rings is 1. The van der Waals surface area contributed by atoms with E-state index in [2.05, 4.69) is 41.6 Å². The Morgan fingerprint density at radius 1 is 1.32 bits per heavy atom. The third-order valence-electron chi connectivity index (χ3n) is 4.49. The van der Waals surface area contributed by atoms with E-state index in [-0.39, 0.29) is 18.1 Å². The van der Waals surface area contributed by atoms with E-state index in [0.29, 0.717) is 24.1 Å². The first-order valence-corrected chi connectivity index (χ1v) is 8.40. The van der Waals surface area contributed by atoms with Gasteiger partial charge in [-0.2, -0.15) is 4.98 Å². The second kappa shape index (κ2) is 5.65. The highest BCUT2D eigenvalue weighted by Gasteiger charge is 2.59. The summed E-state index contributed by atoms with van der Waals surface area (Å²) in [6, 6.07) is 5.40. The lowest BCUT2D eigenvalue weighted by molar-refractivity contribution is -0.0551. The quantitative estimate of drug-likeness (QED) is 0.640. The van der Waals surface area contributed by atoms with Gasteiger partial charge in [-0.15, -0.1) is 5.10 Å². The highest BCUT2D eigenvalue weighted by Crippen LogP contribution is 2.58. The molecule has 0 saturated heterocycles. The number of hydrogen-bond acceptors (Lipinski definition) is 6. The second-order valence-electron chi connectivity index (χ2n) is 6.31. The number of hydrogen-bond donors (Lipinski definition) is 0. The SMILES string of the molecule is CC(F)(F)C1(Cc2noc(-c3cc(Br)cc(-n4cnnn4)c3)n2)CC1. The summed E-state index contributed by atoms with van der Waals surface area (Å²) in [5.41, 5.74) is 0.308. The standard InChI is InChI=1S/C15H13BrF2N6O/c1-14(17,18)15(2-3-15)7-12-20-13(25-21-12)9-4-10(16)6-11(5-9)24-8-19-22-23-24/h4-6,8H,2-3,7H2,1H3. The van der Waals surface area contributed by atoms with Gasteiger partial charge in [-0.25, -0.2) is 13.5 Å². The monoisotopic (exact) mass is 410 g/mol. The second-order valence-corrected chi connectivity index (χ2v) is 7.23. The predicted molar refractivity (Wildman–Crippen MR) is 86.1 cm³/mol. The lowest BCUT2D eigenvalue weighted by Crippen LogP contribution is -2.28. The highest BCUT2D eigenvalue weighted by molar-refractivity contribution is 9.10. The molecule has 0 N–H and O–H groups in total. The Labute approximate surface area is 149 Å². The maximum absolute atomic E-state index is 13.7. The predicted octanol–water partition coefficient (Wildman–Crippen LogP) is 3.45. The Kier molecular flexibility index (Phi) is 3.67. The maximum atomic E-state index is 13.7. The Balaban J connectivity index is 1.63. The summed E-state index contributed by atoms with van der Waals surface area (Å²) >= 11 is 3.42. The molecule has 1 aliphatic carbocycles. The first-order valence-electron chi connectivity index (χ1n) is 7.61. The van der Waals surface area contributed by atoms with E-state index in [9.17, 15) is 8.78 Å². The van der Waals surface area contributed by atoms with E-state index < -0.39 is 11.3 Å². The van der Waals surface area contributed by atoms with Crippen molar-refractivity contribution in [1.29, 1.82) is 0 Å². The van der Waals surface area contributed by atoms with Crippen molar-refractivity contribution in [3.8, 4) is 17.1 Å². The molecule has 4 rings (SSSR count). The first-order chi connectivity index (χ1) is 11.9. The minimum atomic E-state index is -2.75. The van der Waals surface area contributed by atoms with Crippen molar-refractivity contribution in [1.82, 2.24) is 30.3 Å². The van der Waals surface area contributed by atoms with E-state index in [1.54, 1.807) is 12.1 Å². The van der Waals surface area contributed by atoms with Crippen molar-refractivity contribution in [3.63, 3.8) is 0 Å². The third kappa shape index (κ3) is 3.06. The van der Waals surface area contributed by atoms with Crippen molar-refractivity contribution >= 4 is 15.9 Å². The van der Waals surface area contributed by atoms with Gasteiger partial charge < -0.3 is 4.52 Å². The van der Waals surface area contributed by atoms with E-state index in [0.717, 1.165) is 11.4 Å². The van der Waals surface area contributed by atoms with Crippen LogP contribution in [0.15, 0.2) is 33.5 Å². The van der Waals surface area contributed by atoms with Crippen LogP contribution in [0.25, 0.3) is 17.1 Å². The highest BCUT2D eigenvalue weighted by atomic mass is 79.9. The fourth-order valence-electron chi connectivity index (χ4n) is 2.78. The average molecular weight is 411 g/mol. The van der Waals surface area contributed by atoms with Gasteiger partial charge in [0.25, 0.3) is 11.8 Å². The Morgan fingerprint density at radius 3 is 2.76 bits per heavy atom. The number of nitrogens with zero attached hydrogens (tertiary/aromatic N) is 6. The largest absolute Gasteiger partial charge is 0.334 e. The molecule has 3 aromatic rings. The summed E-state index contributed by atoms with van der Waals surface area (Å²) in [5.74, 6) is -2.20. The molecule has 2 aromatic heterocycles. The number of aromatic nitrogens is 6. The Bertz CT molecular complexity index is 901. The molecular formula is C15H13BrF2N6O. The zero-order valence-corrected chi connectivity index (χ0v) is 14.7. The van der Waals surface area contributed by atoms with Crippen LogP contribution in [0.4, 0.5) is 8.78 Å². The molecule has 2 heterocycles. The van der Waals surface area contributed by atoms with Crippen LogP contribution in [-0.2, 0) is 6.42 Å². The Morgan fingerprint density at radius 2 is 2.12 bits per heavy atom. The van der Waals surface area contributed by atoms with Gasteiger partial charge in [-0.3, -0.25) is 0 Å². The van der Waals surface area contributed by atoms with Gasteiger partial charge in [-0.05, 0) is 48.4 Å². The summed E-state index contributed by atoms with van der Waals surface area (Å²) < 4.78 is 35.0. The Hall–Kier alpha value is -2.23. The van der Waals surface area contributed by atoms with Crippen LogP contribution in [0.3, 0.4) is 0 Å². The number of rotatable bonds is 5. The molecule has 7 nitrogen and oxygen atoms in total. The van der Waals surface area contributed by atoms with Crippen molar-refractivity contribution in [2.45, 2.75) is 32.1 Å². The van der Waals surface area contributed by atoms with Gasteiger partial charge in [-0.1, -0.05) is 21.1 Å². The molecule has 0 atom stereocenters. The van der Waals surface area contributed by atoms with Crippen molar-refractivity contribution in [2.75, 3.05) is 0 Å². The van der Waals surface area contributed by atoms with Crippen molar-refractivity contribution in [2.24, 2.45) is 5.41 Å². The molecule has 25 heavy (non-hydrogen) atoms. The molecule has 10 heteroatoms. The number of halogens is 3. The van der Waals surface area contributed by atoms with Gasteiger partial charge in [0, 0.05) is 21.9 Å². The van der Waals surface area contributed by atoms with Crippen LogP contribution in [0.1, 0.15) is 25.6 Å². The fourth-order valence-corrected chi connectivity index (χ4v) is 3.26. The van der Waals surface area contributed by atoms with Crippen molar-refractivity contribution in [3.05, 3.63) is 34.8 Å². The summed E-state index contributed by atoms with van der Waals surface area (Å²) in [4.78, 5) is 4.29. The smallest absolute Gasteiger partial charge is 0.258 e. The minimum Gasteiger partial charge on any atom is -0.334 e. The van der Waals surface area contributed by atoms with Gasteiger partial charge in [0.05, 0.1) is 5.69 Å². The van der Waals surface area contributed by atoms with E-state index in [1.165, 1.54) is 11.0 Å². The van der Waals surface area contributed by atoms with Gasteiger partial charge in [0.1, 0.15) is 6.33 Å². The maximum Gasteiger partial charge on any atom is 0.258 e.